The van der Waals surface area contributed by atoms with Gasteiger partial charge in [-0.1, -0.05) is 45.2 Å². The van der Waals surface area contributed by atoms with Gasteiger partial charge in [0, 0.05) is 0 Å². The summed E-state index contributed by atoms with van der Waals surface area (Å²) in [5.74, 6) is 0.940. The summed E-state index contributed by atoms with van der Waals surface area (Å²) in [6, 6.07) is 8.23. The van der Waals surface area contributed by atoms with Crippen LogP contribution in [0.4, 0.5) is 0 Å². The Morgan fingerprint density at radius 1 is 1.00 bits per heavy atom. The lowest BCUT2D eigenvalue weighted by Gasteiger charge is -2.29. The summed E-state index contributed by atoms with van der Waals surface area (Å²) >= 11 is 0. The van der Waals surface area contributed by atoms with Crippen LogP contribution in [0.5, 0.6) is 5.75 Å². The second-order valence-electron chi connectivity index (χ2n) is 5.69. The molecule has 1 aromatic carbocycles. The number of rotatable bonds is 8. The van der Waals surface area contributed by atoms with Crippen molar-refractivity contribution in [2.45, 2.75) is 58.2 Å². The average molecular weight is 292 g/mol. The standard InChI is InChI=1S/C18H28O3/c1-3-5-6-12-19-16-10-8-15(9-11-16)18-14-20-17(7-4-2)13-21-18/h8-11,17-18H,3-7,12-14H2,1-2H3/t17-,18-/m1/s1. The first kappa shape index (κ1) is 16.3. The molecular weight excluding hydrogens is 264 g/mol. The Morgan fingerprint density at radius 3 is 2.43 bits per heavy atom. The van der Waals surface area contributed by atoms with E-state index in [4.69, 9.17) is 14.2 Å². The van der Waals surface area contributed by atoms with E-state index in [2.05, 4.69) is 26.0 Å². The van der Waals surface area contributed by atoms with Crippen LogP contribution >= 0.6 is 0 Å². The maximum atomic E-state index is 5.92. The van der Waals surface area contributed by atoms with Crippen LogP contribution < -0.4 is 4.74 Å². The van der Waals surface area contributed by atoms with Crippen molar-refractivity contribution >= 4 is 0 Å². The van der Waals surface area contributed by atoms with Gasteiger partial charge in [0.05, 0.1) is 25.9 Å². The van der Waals surface area contributed by atoms with E-state index in [-0.39, 0.29) is 12.2 Å². The summed E-state index contributed by atoms with van der Waals surface area (Å²) < 4.78 is 17.5. The first-order valence-electron chi connectivity index (χ1n) is 8.29. The largest absolute Gasteiger partial charge is 0.494 e. The molecule has 1 aliphatic heterocycles. The zero-order valence-electron chi connectivity index (χ0n) is 13.3. The van der Waals surface area contributed by atoms with E-state index >= 15 is 0 Å². The highest BCUT2D eigenvalue weighted by Crippen LogP contribution is 2.26. The van der Waals surface area contributed by atoms with Crippen molar-refractivity contribution < 1.29 is 14.2 Å². The summed E-state index contributed by atoms with van der Waals surface area (Å²) in [6.45, 7) is 6.53. The van der Waals surface area contributed by atoms with E-state index in [1.807, 2.05) is 12.1 Å². The monoisotopic (exact) mass is 292 g/mol. The van der Waals surface area contributed by atoms with Gasteiger partial charge in [-0.2, -0.15) is 0 Å². The molecule has 1 fully saturated rings. The maximum Gasteiger partial charge on any atom is 0.119 e. The predicted molar refractivity (Wildman–Crippen MR) is 84.8 cm³/mol. The molecule has 118 valence electrons. The van der Waals surface area contributed by atoms with Gasteiger partial charge in [0.15, 0.2) is 0 Å². The summed E-state index contributed by atoms with van der Waals surface area (Å²) in [5, 5.41) is 0. The van der Waals surface area contributed by atoms with E-state index in [1.165, 1.54) is 18.4 Å². The number of hydrogen-bond donors (Lipinski definition) is 0. The fourth-order valence-corrected chi connectivity index (χ4v) is 2.55. The summed E-state index contributed by atoms with van der Waals surface area (Å²) in [5.41, 5.74) is 1.17. The molecule has 0 spiro atoms. The Hall–Kier alpha value is -1.06. The van der Waals surface area contributed by atoms with Crippen LogP contribution in [0.2, 0.25) is 0 Å². The first-order chi connectivity index (χ1) is 10.3. The van der Waals surface area contributed by atoms with Crippen LogP contribution in [0.1, 0.15) is 57.6 Å². The topological polar surface area (TPSA) is 27.7 Å². The third-order valence-corrected chi connectivity index (χ3v) is 3.85. The summed E-state index contributed by atoms with van der Waals surface area (Å²) in [7, 11) is 0. The molecule has 2 atom stereocenters. The Morgan fingerprint density at radius 2 is 1.81 bits per heavy atom. The minimum absolute atomic E-state index is 0.0623. The molecule has 2 rings (SSSR count). The lowest BCUT2D eigenvalue weighted by atomic mass is 10.1. The molecule has 3 heteroatoms. The molecule has 0 radical (unpaired) electrons. The molecule has 1 aliphatic rings. The van der Waals surface area contributed by atoms with Crippen molar-refractivity contribution in [3.05, 3.63) is 29.8 Å². The number of benzene rings is 1. The summed E-state index contributed by atoms with van der Waals surface area (Å²) in [4.78, 5) is 0. The second-order valence-corrected chi connectivity index (χ2v) is 5.69. The van der Waals surface area contributed by atoms with Crippen LogP contribution in [0.15, 0.2) is 24.3 Å². The molecule has 21 heavy (non-hydrogen) atoms. The minimum Gasteiger partial charge on any atom is -0.494 e. The fourth-order valence-electron chi connectivity index (χ4n) is 2.55. The molecule has 0 amide bonds. The van der Waals surface area contributed by atoms with Gasteiger partial charge in [0.25, 0.3) is 0 Å². The molecule has 0 N–H and O–H groups in total. The van der Waals surface area contributed by atoms with Crippen molar-refractivity contribution in [2.75, 3.05) is 19.8 Å². The van der Waals surface area contributed by atoms with Crippen molar-refractivity contribution in [1.82, 2.24) is 0 Å². The normalized spacial score (nSPS) is 22.2. The van der Waals surface area contributed by atoms with Crippen LogP contribution in [0, 0.1) is 0 Å². The van der Waals surface area contributed by atoms with E-state index in [9.17, 15) is 0 Å². The lowest BCUT2D eigenvalue weighted by molar-refractivity contribution is -0.137. The number of ether oxygens (including phenoxy) is 3. The van der Waals surface area contributed by atoms with Gasteiger partial charge in [-0.25, -0.2) is 0 Å². The maximum absolute atomic E-state index is 5.92. The highest BCUT2D eigenvalue weighted by molar-refractivity contribution is 5.28. The van der Waals surface area contributed by atoms with Crippen LogP contribution in [0.25, 0.3) is 0 Å². The van der Waals surface area contributed by atoms with E-state index in [0.717, 1.165) is 31.6 Å². The first-order valence-corrected chi connectivity index (χ1v) is 8.29. The van der Waals surface area contributed by atoms with Gasteiger partial charge < -0.3 is 14.2 Å². The number of hydrogen-bond acceptors (Lipinski definition) is 3. The van der Waals surface area contributed by atoms with E-state index < -0.39 is 0 Å². The Labute approximate surface area is 128 Å². The highest BCUT2D eigenvalue weighted by Gasteiger charge is 2.22. The Balaban J connectivity index is 1.77. The molecule has 0 bridgehead atoms. The van der Waals surface area contributed by atoms with Crippen LogP contribution in [0.3, 0.4) is 0 Å². The third-order valence-electron chi connectivity index (χ3n) is 3.85. The third kappa shape index (κ3) is 5.33. The van der Waals surface area contributed by atoms with Crippen molar-refractivity contribution in [2.24, 2.45) is 0 Å². The molecule has 1 heterocycles. The molecule has 3 nitrogen and oxygen atoms in total. The van der Waals surface area contributed by atoms with Gasteiger partial charge in [-0.3, -0.25) is 0 Å². The molecule has 1 aromatic rings. The Kier molecular flexibility index (Phi) is 7.04. The number of unbranched alkanes of at least 4 members (excludes halogenated alkanes) is 2. The Bertz CT molecular complexity index is 380. The quantitative estimate of drug-likeness (QED) is 0.660. The second kappa shape index (κ2) is 9.06. The zero-order valence-corrected chi connectivity index (χ0v) is 13.3. The molecule has 0 unspecified atom stereocenters. The minimum atomic E-state index is 0.0623. The molecule has 1 saturated heterocycles. The van der Waals surface area contributed by atoms with Gasteiger partial charge in [0.1, 0.15) is 11.9 Å². The smallest absolute Gasteiger partial charge is 0.119 e. The highest BCUT2D eigenvalue weighted by atomic mass is 16.6. The van der Waals surface area contributed by atoms with Gasteiger partial charge in [-0.05, 0) is 30.5 Å². The van der Waals surface area contributed by atoms with Gasteiger partial charge in [-0.15, -0.1) is 0 Å². The summed E-state index contributed by atoms with van der Waals surface area (Å²) in [6.07, 6.45) is 6.13. The SMILES string of the molecule is CCCCCOc1ccc([C@H]2CO[C@H](CCC)CO2)cc1. The molecule has 0 aromatic heterocycles. The van der Waals surface area contributed by atoms with Gasteiger partial charge in [0.2, 0.25) is 0 Å². The predicted octanol–water partition coefficient (Wildman–Crippen LogP) is 4.51. The van der Waals surface area contributed by atoms with Crippen molar-refractivity contribution in [3.63, 3.8) is 0 Å². The molecule has 0 aliphatic carbocycles. The zero-order chi connectivity index (χ0) is 14.9. The lowest BCUT2D eigenvalue weighted by Crippen LogP contribution is -2.30. The molecular formula is C18H28O3. The van der Waals surface area contributed by atoms with E-state index in [1.54, 1.807) is 0 Å². The van der Waals surface area contributed by atoms with Crippen molar-refractivity contribution in [3.8, 4) is 5.75 Å². The van der Waals surface area contributed by atoms with Crippen LogP contribution in [-0.2, 0) is 9.47 Å². The fraction of sp³-hybridized carbons (Fsp3) is 0.667. The average Bonchev–Trinajstić information content (AvgIpc) is 2.53. The van der Waals surface area contributed by atoms with E-state index in [0.29, 0.717) is 13.2 Å². The van der Waals surface area contributed by atoms with Gasteiger partial charge >= 0.3 is 0 Å². The molecule has 0 saturated carbocycles. The van der Waals surface area contributed by atoms with Crippen LogP contribution in [-0.4, -0.2) is 25.9 Å². The van der Waals surface area contributed by atoms with Crippen molar-refractivity contribution in [1.29, 1.82) is 0 Å².